The van der Waals surface area contributed by atoms with Gasteiger partial charge in [0.2, 0.25) is 0 Å². The van der Waals surface area contributed by atoms with Gasteiger partial charge in [-0.3, -0.25) is 4.68 Å². The number of nitrogens with zero attached hydrogens (tertiary/aromatic N) is 3. The van der Waals surface area contributed by atoms with Crippen molar-refractivity contribution < 1.29 is 4.74 Å². The van der Waals surface area contributed by atoms with Crippen LogP contribution in [0.3, 0.4) is 0 Å². The lowest BCUT2D eigenvalue weighted by Gasteiger charge is -2.27. The van der Waals surface area contributed by atoms with Crippen molar-refractivity contribution in [2.75, 3.05) is 26.8 Å². The van der Waals surface area contributed by atoms with E-state index in [1.807, 2.05) is 0 Å². The van der Waals surface area contributed by atoms with Crippen molar-refractivity contribution in [1.29, 1.82) is 0 Å². The lowest BCUT2D eigenvalue weighted by Crippen LogP contribution is -2.30. The van der Waals surface area contributed by atoms with E-state index in [-0.39, 0.29) is 0 Å². The maximum Gasteiger partial charge on any atom is 0.0739 e. The molecule has 4 nitrogen and oxygen atoms in total. The fourth-order valence-corrected chi connectivity index (χ4v) is 3.12. The first-order valence-corrected chi connectivity index (χ1v) is 7.89. The van der Waals surface area contributed by atoms with E-state index in [2.05, 4.69) is 51.5 Å². The molecule has 5 heteroatoms. The second-order valence-electron chi connectivity index (χ2n) is 5.41. The van der Waals surface area contributed by atoms with E-state index in [0.717, 1.165) is 48.9 Å². The third-order valence-corrected chi connectivity index (χ3v) is 4.81. The summed E-state index contributed by atoms with van der Waals surface area (Å²) < 4.78 is 8.68. The Labute approximate surface area is 124 Å². The van der Waals surface area contributed by atoms with Crippen LogP contribution in [0.4, 0.5) is 0 Å². The van der Waals surface area contributed by atoms with E-state index in [9.17, 15) is 0 Å². The van der Waals surface area contributed by atoms with Crippen LogP contribution in [0.2, 0.25) is 0 Å². The van der Waals surface area contributed by atoms with E-state index < -0.39 is 0 Å². The third kappa shape index (κ3) is 3.80. The lowest BCUT2D eigenvalue weighted by molar-refractivity contribution is 0.0546. The maximum atomic E-state index is 5.42. The summed E-state index contributed by atoms with van der Waals surface area (Å²) in [5.74, 6) is 0.775. The Balaban J connectivity index is 1.96. The molecular weight excluding hydrogens is 306 g/mol. The van der Waals surface area contributed by atoms with Crippen molar-refractivity contribution in [3.05, 3.63) is 15.9 Å². The highest BCUT2D eigenvalue weighted by Gasteiger charge is 2.18. The summed E-state index contributed by atoms with van der Waals surface area (Å²) in [5, 5.41) is 4.55. The second kappa shape index (κ2) is 6.86. The zero-order valence-electron chi connectivity index (χ0n) is 12.2. The molecule has 0 saturated carbocycles. The zero-order chi connectivity index (χ0) is 13.8. The Morgan fingerprint density at radius 2 is 2.11 bits per heavy atom. The molecule has 0 radical (unpaired) electrons. The average Bonchev–Trinajstić information content (AvgIpc) is 2.67. The van der Waals surface area contributed by atoms with Crippen LogP contribution < -0.4 is 0 Å². The molecule has 0 aliphatic carbocycles. The summed E-state index contributed by atoms with van der Waals surface area (Å²) >= 11 is 3.67. The maximum absolute atomic E-state index is 5.42. The molecule has 1 aliphatic rings. The molecule has 0 spiro atoms. The molecule has 108 valence electrons. The van der Waals surface area contributed by atoms with Crippen LogP contribution >= 0.6 is 15.9 Å². The predicted molar refractivity (Wildman–Crippen MR) is 80.2 cm³/mol. The molecule has 1 aliphatic heterocycles. The number of aromatic nitrogens is 2. The minimum absolute atomic E-state index is 0.775. The molecule has 2 rings (SSSR count). The summed E-state index contributed by atoms with van der Waals surface area (Å²) in [7, 11) is 2.20. The zero-order valence-corrected chi connectivity index (χ0v) is 13.7. The van der Waals surface area contributed by atoms with Crippen LogP contribution in [0.25, 0.3) is 0 Å². The summed E-state index contributed by atoms with van der Waals surface area (Å²) in [4.78, 5) is 2.41. The van der Waals surface area contributed by atoms with Crippen molar-refractivity contribution in [2.24, 2.45) is 5.92 Å². The fourth-order valence-electron chi connectivity index (χ4n) is 2.71. The minimum atomic E-state index is 0.775. The normalized spacial score (nSPS) is 17.3. The van der Waals surface area contributed by atoms with E-state index >= 15 is 0 Å². The quantitative estimate of drug-likeness (QED) is 0.832. The largest absolute Gasteiger partial charge is 0.381 e. The molecule has 2 heterocycles. The van der Waals surface area contributed by atoms with Gasteiger partial charge in [0.1, 0.15) is 0 Å². The van der Waals surface area contributed by atoms with Gasteiger partial charge in [-0.1, -0.05) is 0 Å². The Kier molecular flexibility index (Phi) is 5.42. The molecule has 1 saturated heterocycles. The van der Waals surface area contributed by atoms with Gasteiger partial charge in [-0.15, -0.1) is 0 Å². The van der Waals surface area contributed by atoms with Crippen LogP contribution in [0, 0.1) is 12.8 Å². The molecule has 1 aromatic rings. The van der Waals surface area contributed by atoms with Gasteiger partial charge >= 0.3 is 0 Å². The Morgan fingerprint density at radius 1 is 1.42 bits per heavy atom. The number of hydrogen-bond donors (Lipinski definition) is 0. The number of aryl methyl sites for hydroxylation is 2. The highest BCUT2D eigenvalue weighted by molar-refractivity contribution is 9.10. The van der Waals surface area contributed by atoms with Crippen molar-refractivity contribution in [2.45, 2.75) is 39.8 Å². The molecule has 1 aromatic heterocycles. The number of halogens is 1. The SMILES string of the molecule is CCn1nc(C)c(Br)c1CN(C)CC1CCOCC1. The average molecular weight is 330 g/mol. The number of hydrogen-bond acceptors (Lipinski definition) is 3. The van der Waals surface area contributed by atoms with Gasteiger partial charge in [0.15, 0.2) is 0 Å². The smallest absolute Gasteiger partial charge is 0.0739 e. The van der Waals surface area contributed by atoms with E-state index in [0.29, 0.717) is 0 Å². The van der Waals surface area contributed by atoms with Crippen molar-refractivity contribution >= 4 is 15.9 Å². The van der Waals surface area contributed by atoms with Gasteiger partial charge in [-0.25, -0.2) is 0 Å². The Bertz CT molecular complexity index is 413. The van der Waals surface area contributed by atoms with Crippen LogP contribution in [0.5, 0.6) is 0 Å². The molecule has 0 unspecified atom stereocenters. The van der Waals surface area contributed by atoms with Crippen molar-refractivity contribution in [3.8, 4) is 0 Å². The topological polar surface area (TPSA) is 30.3 Å². The van der Waals surface area contributed by atoms with Crippen LogP contribution in [0.15, 0.2) is 4.47 Å². The molecular formula is C14H24BrN3O. The summed E-state index contributed by atoms with van der Waals surface area (Å²) in [5.41, 5.74) is 2.37. The summed E-state index contributed by atoms with van der Waals surface area (Å²) in [6, 6.07) is 0. The minimum Gasteiger partial charge on any atom is -0.381 e. The van der Waals surface area contributed by atoms with Gasteiger partial charge in [0, 0.05) is 32.8 Å². The first kappa shape index (κ1) is 15.0. The standard InChI is InChI=1S/C14H24BrN3O/c1-4-18-13(14(15)11(2)16-18)10-17(3)9-12-5-7-19-8-6-12/h12H,4-10H2,1-3H3. The number of ether oxygens (including phenoxy) is 1. The van der Waals surface area contributed by atoms with Gasteiger partial charge in [0.25, 0.3) is 0 Å². The first-order chi connectivity index (χ1) is 9.11. The molecule has 0 aromatic carbocycles. The van der Waals surface area contributed by atoms with E-state index in [4.69, 9.17) is 4.74 Å². The Morgan fingerprint density at radius 3 is 2.74 bits per heavy atom. The second-order valence-corrected chi connectivity index (χ2v) is 6.21. The summed E-state index contributed by atoms with van der Waals surface area (Å²) in [6.45, 7) is 9.06. The highest BCUT2D eigenvalue weighted by atomic mass is 79.9. The van der Waals surface area contributed by atoms with Gasteiger partial charge in [0.05, 0.1) is 15.9 Å². The van der Waals surface area contributed by atoms with Crippen molar-refractivity contribution in [3.63, 3.8) is 0 Å². The molecule has 0 amide bonds. The van der Waals surface area contributed by atoms with Gasteiger partial charge in [-0.2, -0.15) is 5.10 Å². The Hall–Kier alpha value is -0.390. The molecule has 0 bridgehead atoms. The van der Waals surface area contributed by atoms with Gasteiger partial charge in [-0.05, 0) is 55.6 Å². The lowest BCUT2D eigenvalue weighted by atomic mass is 10.00. The number of rotatable bonds is 5. The molecule has 0 atom stereocenters. The van der Waals surface area contributed by atoms with E-state index in [1.165, 1.54) is 18.5 Å². The summed E-state index contributed by atoms with van der Waals surface area (Å²) in [6.07, 6.45) is 2.38. The fraction of sp³-hybridized carbons (Fsp3) is 0.786. The highest BCUT2D eigenvalue weighted by Crippen LogP contribution is 2.23. The third-order valence-electron chi connectivity index (χ3n) is 3.78. The molecule has 1 fully saturated rings. The van der Waals surface area contributed by atoms with Crippen molar-refractivity contribution in [1.82, 2.24) is 14.7 Å². The van der Waals surface area contributed by atoms with Crippen LogP contribution in [-0.4, -0.2) is 41.5 Å². The predicted octanol–water partition coefficient (Wildman–Crippen LogP) is 2.83. The van der Waals surface area contributed by atoms with Crippen LogP contribution in [-0.2, 0) is 17.8 Å². The van der Waals surface area contributed by atoms with Crippen LogP contribution in [0.1, 0.15) is 31.2 Å². The molecule has 0 N–H and O–H groups in total. The first-order valence-electron chi connectivity index (χ1n) is 7.09. The van der Waals surface area contributed by atoms with Gasteiger partial charge < -0.3 is 9.64 Å². The van der Waals surface area contributed by atoms with E-state index in [1.54, 1.807) is 0 Å². The molecule has 19 heavy (non-hydrogen) atoms. The monoisotopic (exact) mass is 329 g/mol.